The topological polar surface area (TPSA) is 90.1 Å². The number of hydrogen-bond acceptors (Lipinski definition) is 5. The number of hydrogen-bond donors (Lipinski definition) is 1. The minimum Gasteiger partial charge on any atom is -0.481 e. The van der Waals surface area contributed by atoms with Crippen LogP contribution in [0.4, 0.5) is 0 Å². The molecule has 2 aromatic heterocycles. The monoisotopic (exact) mass is 284 g/mol. The van der Waals surface area contributed by atoms with Crippen molar-refractivity contribution in [2.45, 2.75) is 6.42 Å². The smallest absolute Gasteiger partial charge is 0.307 e. The fraction of sp³-hybridized carbons (Fsp3) is 0.143. The van der Waals surface area contributed by atoms with E-state index >= 15 is 0 Å². The van der Waals surface area contributed by atoms with E-state index in [2.05, 4.69) is 15.1 Å². The third-order valence-corrected chi connectivity index (χ3v) is 2.96. The zero-order chi connectivity index (χ0) is 14.8. The molecule has 0 radical (unpaired) electrons. The Balaban J connectivity index is 1.93. The molecule has 0 saturated heterocycles. The number of fused-ring (bicyclic) bond motifs is 1. The lowest BCUT2D eigenvalue weighted by molar-refractivity contribution is -0.136. The predicted octanol–water partition coefficient (Wildman–Crippen LogP) is 1.78. The lowest BCUT2D eigenvalue weighted by atomic mass is 10.1. The number of carboxylic acid groups (broad SMARTS) is 1. The van der Waals surface area contributed by atoms with Crippen molar-refractivity contribution < 1.29 is 14.6 Å². The summed E-state index contributed by atoms with van der Waals surface area (Å²) < 4.78 is 7.36. The van der Waals surface area contributed by atoms with E-state index in [1.807, 2.05) is 0 Å². The highest BCUT2D eigenvalue weighted by Crippen LogP contribution is 2.26. The van der Waals surface area contributed by atoms with E-state index in [1.165, 1.54) is 6.33 Å². The number of aliphatic carboxylic acids is 1. The number of aryl methyl sites for hydroxylation is 1. The van der Waals surface area contributed by atoms with Crippen LogP contribution in [0, 0.1) is 0 Å². The maximum Gasteiger partial charge on any atom is 0.307 e. The minimum absolute atomic E-state index is 0.0523. The summed E-state index contributed by atoms with van der Waals surface area (Å²) in [5, 5.41) is 13.6. The van der Waals surface area contributed by atoms with Crippen molar-refractivity contribution in [3.05, 3.63) is 42.4 Å². The highest BCUT2D eigenvalue weighted by molar-refractivity contribution is 5.80. The van der Waals surface area contributed by atoms with Gasteiger partial charge < -0.3 is 9.84 Å². The number of ether oxygens (including phenoxy) is 1. The van der Waals surface area contributed by atoms with Crippen LogP contribution in [-0.4, -0.2) is 30.8 Å². The van der Waals surface area contributed by atoms with Gasteiger partial charge in [-0.05, 0) is 17.7 Å². The first-order valence-corrected chi connectivity index (χ1v) is 6.25. The molecular weight excluding hydrogens is 272 g/mol. The average molecular weight is 284 g/mol. The molecule has 0 bridgehead atoms. The largest absolute Gasteiger partial charge is 0.481 e. The van der Waals surface area contributed by atoms with E-state index in [0.717, 1.165) is 0 Å². The van der Waals surface area contributed by atoms with Gasteiger partial charge in [-0.2, -0.15) is 5.10 Å². The standard InChI is InChI=1S/C14H12N4O3/c1-18-13-11(7-17-18)14(16-8-15-13)21-10-4-2-3-9(5-10)6-12(19)20/h2-5,7-8H,6H2,1H3,(H,19,20). The molecule has 0 saturated carbocycles. The van der Waals surface area contributed by atoms with Gasteiger partial charge in [-0.3, -0.25) is 9.48 Å². The van der Waals surface area contributed by atoms with Gasteiger partial charge in [-0.1, -0.05) is 12.1 Å². The Kier molecular flexibility index (Phi) is 3.23. The summed E-state index contributed by atoms with van der Waals surface area (Å²) in [4.78, 5) is 19.0. The predicted molar refractivity (Wildman–Crippen MR) is 74.2 cm³/mol. The van der Waals surface area contributed by atoms with Gasteiger partial charge >= 0.3 is 5.97 Å². The molecule has 3 aromatic rings. The van der Waals surface area contributed by atoms with Crippen molar-refractivity contribution in [1.82, 2.24) is 19.7 Å². The minimum atomic E-state index is -0.885. The second kappa shape index (κ2) is 5.20. The highest BCUT2D eigenvalue weighted by atomic mass is 16.5. The molecule has 7 nitrogen and oxygen atoms in total. The molecule has 3 rings (SSSR count). The van der Waals surface area contributed by atoms with Crippen LogP contribution in [0.2, 0.25) is 0 Å². The van der Waals surface area contributed by atoms with E-state index in [4.69, 9.17) is 9.84 Å². The maximum absolute atomic E-state index is 10.7. The van der Waals surface area contributed by atoms with Crippen LogP contribution in [0.25, 0.3) is 11.0 Å². The van der Waals surface area contributed by atoms with E-state index in [9.17, 15) is 4.79 Å². The zero-order valence-electron chi connectivity index (χ0n) is 11.2. The molecule has 0 aliphatic rings. The molecule has 2 heterocycles. The Morgan fingerprint density at radius 3 is 3.05 bits per heavy atom. The molecule has 0 unspecified atom stereocenters. The molecule has 0 aliphatic carbocycles. The SMILES string of the molecule is Cn1ncc2c(Oc3cccc(CC(=O)O)c3)ncnc21. The molecule has 7 heteroatoms. The Bertz CT molecular complexity index is 813. The van der Waals surface area contributed by atoms with Crippen LogP contribution in [0.5, 0.6) is 11.6 Å². The normalized spacial score (nSPS) is 10.7. The molecule has 106 valence electrons. The van der Waals surface area contributed by atoms with Gasteiger partial charge in [0.1, 0.15) is 17.5 Å². The molecule has 1 N–H and O–H groups in total. The van der Waals surface area contributed by atoms with Gasteiger partial charge in [0, 0.05) is 7.05 Å². The Labute approximate surface area is 119 Å². The van der Waals surface area contributed by atoms with Gasteiger partial charge in [0.25, 0.3) is 0 Å². The number of benzene rings is 1. The van der Waals surface area contributed by atoms with Crippen LogP contribution in [0.1, 0.15) is 5.56 Å². The Hall–Kier alpha value is -2.96. The number of nitrogens with zero attached hydrogens (tertiary/aromatic N) is 4. The van der Waals surface area contributed by atoms with Crippen LogP contribution < -0.4 is 4.74 Å². The van der Waals surface area contributed by atoms with Gasteiger partial charge in [-0.25, -0.2) is 9.97 Å². The third kappa shape index (κ3) is 2.66. The van der Waals surface area contributed by atoms with Crippen molar-refractivity contribution in [3.8, 4) is 11.6 Å². The van der Waals surface area contributed by atoms with E-state index in [-0.39, 0.29) is 6.42 Å². The van der Waals surface area contributed by atoms with E-state index in [0.29, 0.717) is 28.2 Å². The van der Waals surface area contributed by atoms with Crippen molar-refractivity contribution in [3.63, 3.8) is 0 Å². The molecule has 0 atom stereocenters. The fourth-order valence-electron chi connectivity index (χ4n) is 2.03. The molecule has 0 aliphatic heterocycles. The van der Waals surface area contributed by atoms with Gasteiger partial charge in [0.2, 0.25) is 5.88 Å². The van der Waals surface area contributed by atoms with E-state index < -0.39 is 5.97 Å². The lowest BCUT2D eigenvalue weighted by Crippen LogP contribution is -2.00. The highest BCUT2D eigenvalue weighted by Gasteiger charge is 2.10. The second-order valence-electron chi connectivity index (χ2n) is 4.50. The maximum atomic E-state index is 10.7. The Morgan fingerprint density at radius 1 is 1.38 bits per heavy atom. The Morgan fingerprint density at radius 2 is 2.24 bits per heavy atom. The van der Waals surface area contributed by atoms with E-state index in [1.54, 1.807) is 42.2 Å². The summed E-state index contributed by atoms with van der Waals surface area (Å²) in [5.74, 6) is 0.0296. The summed E-state index contributed by atoms with van der Waals surface area (Å²) in [5.41, 5.74) is 1.33. The molecule has 0 amide bonds. The van der Waals surface area contributed by atoms with Crippen molar-refractivity contribution in [2.75, 3.05) is 0 Å². The average Bonchev–Trinajstić information content (AvgIpc) is 2.82. The first-order chi connectivity index (χ1) is 10.1. The summed E-state index contributed by atoms with van der Waals surface area (Å²) >= 11 is 0. The summed E-state index contributed by atoms with van der Waals surface area (Å²) in [7, 11) is 1.78. The molecule has 0 fully saturated rings. The zero-order valence-corrected chi connectivity index (χ0v) is 11.2. The second-order valence-corrected chi connectivity index (χ2v) is 4.50. The van der Waals surface area contributed by atoms with Crippen molar-refractivity contribution in [1.29, 1.82) is 0 Å². The first-order valence-electron chi connectivity index (χ1n) is 6.25. The third-order valence-electron chi connectivity index (χ3n) is 2.96. The summed E-state index contributed by atoms with van der Waals surface area (Å²) in [6.07, 6.45) is 2.98. The number of rotatable bonds is 4. The molecule has 0 spiro atoms. The lowest BCUT2D eigenvalue weighted by Gasteiger charge is -2.06. The quantitative estimate of drug-likeness (QED) is 0.785. The van der Waals surface area contributed by atoms with Gasteiger partial charge in [-0.15, -0.1) is 0 Å². The summed E-state index contributed by atoms with van der Waals surface area (Å²) in [6, 6.07) is 6.91. The van der Waals surface area contributed by atoms with Crippen LogP contribution in [0.3, 0.4) is 0 Å². The molecule has 21 heavy (non-hydrogen) atoms. The first kappa shape index (κ1) is 13.0. The number of aromatic nitrogens is 4. The van der Waals surface area contributed by atoms with Crippen LogP contribution >= 0.6 is 0 Å². The van der Waals surface area contributed by atoms with Gasteiger partial charge in [0.05, 0.1) is 12.6 Å². The van der Waals surface area contributed by atoms with Gasteiger partial charge in [0.15, 0.2) is 5.65 Å². The van der Waals surface area contributed by atoms with Crippen LogP contribution in [-0.2, 0) is 18.3 Å². The fourth-order valence-corrected chi connectivity index (χ4v) is 2.03. The molecule has 1 aromatic carbocycles. The number of carboxylic acids is 1. The van der Waals surface area contributed by atoms with Crippen molar-refractivity contribution in [2.24, 2.45) is 7.05 Å². The van der Waals surface area contributed by atoms with Crippen molar-refractivity contribution >= 4 is 17.0 Å². The molecular formula is C14H12N4O3. The summed E-state index contributed by atoms with van der Waals surface area (Å²) in [6.45, 7) is 0. The van der Waals surface area contributed by atoms with Crippen LogP contribution in [0.15, 0.2) is 36.8 Å². The number of carbonyl (C=O) groups is 1.